The van der Waals surface area contributed by atoms with Crippen molar-refractivity contribution in [1.29, 1.82) is 0 Å². The number of nitrogens with one attached hydrogen (secondary N) is 1. The van der Waals surface area contributed by atoms with Crippen molar-refractivity contribution in [2.75, 3.05) is 18.7 Å². The van der Waals surface area contributed by atoms with Crippen LogP contribution in [-0.2, 0) is 11.3 Å². The molecule has 0 bridgehead atoms. The van der Waals surface area contributed by atoms with Gasteiger partial charge in [0.25, 0.3) is 0 Å². The molecule has 1 aromatic heterocycles. The maximum Gasteiger partial charge on any atom is 0.244 e. The number of nitrogens with zero attached hydrogens (tertiary/aromatic N) is 2. The number of hydrogen-bond acceptors (Lipinski definition) is 6. The summed E-state index contributed by atoms with van der Waals surface area (Å²) < 4.78 is 17.0. The van der Waals surface area contributed by atoms with Gasteiger partial charge in [0.05, 0.1) is 11.7 Å². The van der Waals surface area contributed by atoms with Gasteiger partial charge in [-0.2, -0.15) is 0 Å². The average Bonchev–Trinajstić information content (AvgIpc) is 3.32. The Bertz CT molecular complexity index is 1120. The zero-order chi connectivity index (χ0) is 22.7. The smallest absolute Gasteiger partial charge is 0.244 e. The van der Waals surface area contributed by atoms with Crippen molar-refractivity contribution >= 4 is 11.6 Å². The zero-order valence-electron chi connectivity index (χ0n) is 18.6. The average molecular weight is 446 g/mol. The summed E-state index contributed by atoms with van der Waals surface area (Å²) in [6, 6.07) is 17.0. The van der Waals surface area contributed by atoms with E-state index in [4.69, 9.17) is 14.2 Å². The second-order valence-electron chi connectivity index (χ2n) is 8.57. The monoisotopic (exact) mass is 445 g/mol. The van der Waals surface area contributed by atoms with Gasteiger partial charge in [-0.25, -0.2) is 0 Å². The number of likely N-dealkylation sites (tertiary alicyclic amines) is 1. The van der Waals surface area contributed by atoms with Crippen molar-refractivity contribution in [2.45, 2.75) is 38.3 Å². The summed E-state index contributed by atoms with van der Waals surface area (Å²) in [5.74, 6) is 2.90. The number of amides is 1. The molecule has 3 heterocycles. The summed E-state index contributed by atoms with van der Waals surface area (Å²) in [6.07, 6.45) is 6.24. The highest BCUT2D eigenvalue weighted by atomic mass is 16.7. The number of carbonyl (C=O) groups excluding carboxylic acids is 1. The second-order valence-corrected chi connectivity index (χ2v) is 8.57. The van der Waals surface area contributed by atoms with Gasteiger partial charge < -0.3 is 19.5 Å². The van der Waals surface area contributed by atoms with Crippen LogP contribution in [0.3, 0.4) is 0 Å². The van der Waals surface area contributed by atoms with E-state index in [1.165, 1.54) is 0 Å². The zero-order valence-corrected chi connectivity index (χ0v) is 18.6. The summed E-state index contributed by atoms with van der Waals surface area (Å²) >= 11 is 0. The van der Waals surface area contributed by atoms with Crippen LogP contribution in [0, 0.1) is 0 Å². The SMILES string of the molecule is C[C@@]1(C(=O)Nc2ccc(Oc3cccnc3)cc2)CCCCN1Cc1cccc2c1OCO2. The first-order valence-corrected chi connectivity index (χ1v) is 11.2. The quantitative estimate of drug-likeness (QED) is 0.577. The number of para-hydroxylation sites is 1. The predicted molar refractivity (Wildman–Crippen MR) is 125 cm³/mol. The third-order valence-electron chi connectivity index (χ3n) is 6.35. The summed E-state index contributed by atoms with van der Waals surface area (Å²) in [5, 5.41) is 3.11. The second kappa shape index (κ2) is 9.11. The third kappa shape index (κ3) is 4.50. The molecule has 0 saturated carbocycles. The molecule has 0 radical (unpaired) electrons. The number of aromatic nitrogens is 1. The van der Waals surface area contributed by atoms with Crippen molar-refractivity contribution < 1.29 is 19.0 Å². The first kappa shape index (κ1) is 21.3. The minimum Gasteiger partial charge on any atom is -0.456 e. The molecule has 5 rings (SSSR count). The Morgan fingerprint density at radius 3 is 2.79 bits per heavy atom. The van der Waals surface area contributed by atoms with Crippen molar-refractivity contribution in [1.82, 2.24) is 9.88 Å². The fourth-order valence-electron chi connectivity index (χ4n) is 4.42. The Morgan fingerprint density at radius 1 is 1.09 bits per heavy atom. The van der Waals surface area contributed by atoms with E-state index in [9.17, 15) is 4.79 Å². The highest BCUT2D eigenvalue weighted by Gasteiger charge is 2.41. The minimum absolute atomic E-state index is 0.00660. The molecule has 0 unspecified atom stereocenters. The van der Waals surface area contributed by atoms with Gasteiger partial charge in [-0.15, -0.1) is 0 Å². The molecule has 2 aromatic carbocycles. The lowest BCUT2D eigenvalue weighted by molar-refractivity contribution is -0.129. The summed E-state index contributed by atoms with van der Waals surface area (Å²) in [5.41, 5.74) is 1.16. The van der Waals surface area contributed by atoms with E-state index in [1.807, 2.05) is 61.5 Å². The predicted octanol–water partition coefficient (Wildman–Crippen LogP) is 4.99. The Hall–Kier alpha value is -3.58. The van der Waals surface area contributed by atoms with Crippen LogP contribution >= 0.6 is 0 Å². The fourth-order valence-corrected chi connectivity index (χ4v) is 4.42. The number of rotatable bonds is 6. The van der Waals surface area contributed by atoms with Crippen LogP contribution in [0.1, 0.15) is 31.7 Å². The third-order valence-corrected chi connectivity index (χ3v) is 6.35. The van der Waals surface area contributed by atoms with E-state index >= 15 is 0 Å². The molecule has 1 N–H and O–H groups in total. The molecular weight excluding hydrogens is 418 g/mol. The Balaban J connectivity index is 1.28. The fraction of sp³-hybridized carbons (Fsp3) is 0.308. The highest BCUT2D eigenvalue weighted by Crippen LogP contribution is 2.38. The van der Waals surface area contributed by atoms with Crippen molar-refractivity contribution in [2.24, 2.45) is 0 Å². The van der Waals surface area contributed by atoms with Gasteiger partial charge in [0.2, 0.25) is 12.7 Å². The molecule has 0 spiro atoms. The lowest BCUT2D eigenvalue weighted by Gasteiger charge is -2.43. The molecule has 1 fully saturated rings. The molecular formula is C26H27N3O4. The first-order chi connectivity index (χ1) is 16.1. The van der Waals surface area contributed by atoms with Gasteiger partial charge in [-0.3, -0.25) is 14.7 Å². The molecule has 1 amide bonds. The Morgan fingerprint density at radius 2 is 1.97 bits per heavy atom. The molecule has 0 aliphatic carbocycles. The Kier molecular flexibility index (Phi) is 5.88. The maximum absolute atomic E-state index is 13.5. The van der Waals surface area contributed by atoms with Crippen LogP contribution in [0.2, 0.25) is 0 Å². The van der Waals surface area contributed by atoms with Gasteiger partial charge in [0.15, 0.2) is 11.5 Å². The number of pyridine rings is 1. The van der Waals surface area contributed by atoms with Crippen LogP contribution in [0.5, 0.6) is 23.0 Å². The topological polar surface area (TPSA) is 72.9 Å². The van der Waals surface area contributed by atoms with E-state index in [1.54, 1.807) is 12.4 Å². The molecule has 33 heavy (non-hydrogen) atoms. The van der Waals surface area contributed by atoms with Gasteiger partial charge in [0.1, 0.15) is 11.5 Å². The lowest BCUT2D eigenvalue weighted by Crippen LogP contribution is -2.56. The summed E-state index contributed by atoms with van der Waals surface area (Å²) in [6.45, 7) is 3.76. The molecule has 7 heteroatoms. The normalized spacial score (nSPS) is 19.8. The van der Waals surface area contributed by atoms with Crippen LogP contribution in [0.4, 0.5) is 5.69 Å². The van der Waals surface area contributed by atoms with Crippen molar-refractivity contribution in [3.05, 3.63) is 72.6 Å². The minimum atomic E-state index is -0.620. The van der Waals surface area contributed by atoms with Gasteiger partial charge in [-0.05, 0) is 75.2 Å². The van der Waals surface area contributed by atoms with Crippen molar-refractivity contribution in [3.63, 3.8) is 0 Å². The van der Waals surface area contributed by atoms with Crippen molar-refractivity contribution in [3.8, 4) is 23.0 Å². The molecule has 2 aliphatic rings. The standard InChI is InChI=1S/C26H27N3O4/c1-26(13-2-3-15-29(26)17-19-6-4-8-23-24(19)32-18-31-23)25(30)28-20-9-11-21(12-10-20)33-22-7-5-14-27-16-22/h4-12,14,16H,2-3,13,15,17-18H2,1H3,(H,28,30)/t26-/m0/s1. The van der Waals surface area contributed by atoms with Crippen LogP contribution < -0.4 is 19.5 Å². The number of ether oxygens (including phenoxy) is 3. The molecule has 170 valence electrons. The van der Waals surface area contributed by atoms with E-state index in [0.717, 1.165) is 48.6 Å². The molecule has 7 nitrogen and oxygen atoms in total. The van der Waals surface area contributed by atoms with Gasteiger partial charge in [0, 0.05) is 24.0 Å². The molecule has 1 saturated heterocycles. The van der Waals surface area contributed by atoms with E-state index in [-0.39, 0.29) is 12.7 Å². The van der Waals surface area contributed by atoms with E-state index in [2.05, 4.69) is 15.2 Å². The largest absolute Gasteiger partial charge is 0.456 e. The summed E-state index contributed by atoms with van der Waals surface area (Å²) in [7, 11) is 0. The molecule has 2 aliphatic heterocycles. The van der Waals surface area contributed by atoms with Crippen LogP contribution in [0.15, 0.2) is 67.0 Å². The Labute approximate surface area is 193 Å². The number of benzene rings is 2. The maximum atomic E-state index is 13.5. The lowest BCUT2D eigenvalue weighted by atomic mass is 9.86. The molecule has 3 aromatic rings. The number of hydrogen-bond donors (Lipinski definition) is 1. The summed E-state index contributed by atoms with van der Waals surface area (Å²) in [4.78, 5) is 19.8. The first-order valence-electron chi connectivity index (χ1n) is 11.2. The van der Waals surface area contributed by atoms with Crippen LogP contribution in [-0.4, -0.2) is 34.7 Å². The number of carbonyl (C=O) groups is 1. The van der Waals surface area contributed by atoms with E-state index in [0.29, 0.717) is 18.0 Å². The van der Waals surface area contributed by atoms with Crippen LogP contribution in [0.25, 0.3) is 0 Å². The molecule has 1 atom stereocenters. The van der Waals surface area contributed by atoms with Gasteiger partial charge >= 0.3 is 0 Å². The van der Waals surface area contributed by atoms with Gasteiger partial charge in [-0.1, -0.05) is 12.1 Å². The number of anilines is 1. The van der Waals surface area contributed by atoms with E-state index < -0.39 is 5.54 Å². The number of piperidine rings is 1. The highest BCUT2D eigenvalue weighted by molar-refractivity contribution is 5.98. The number of fused-ring (bicyclic) bond motifs is 1.